The van der Waals surface area contributed by atoms with Crippen LogP contribution in [0.3, 0.4) is 0 Å². The second-order valence-electron chi connectivity index (χ2n) is 6.74. The lowest BCUT2D eigenvalue weighted by Crippen LogP contribution is -2.32. The largest absolute Gasteiger partial charge is 0.503 e. The van der Waals surface area contributed by atoms with Crippen molar-refractivity contribution in [3.8, 4) is 5.75 Å². The zero-order valence-electron chi connectivity index (χ0n) is 16.2. The van der Waals surface area contributed by atoms with Crippen molar-refractivity contribution >= 4 is 23.0 Å². The van der Waals surface area contributed by atoms with Crippen LogP contribution in [0, 0.1) is 0 Å². The van der Waals surface area contributed by atoms with Crippen LogP contribution in [0.2, 0.25) is 0 Å². The first-order valence-electron chi connectivity index (χ1n) is 9.63. The molecule has 0 aliphatic carbocycles. The van der Waals surface area contributed by atoms with Crippen molar-refractivity contribution in [2.45, 2.75) is 39.2 Å². The van der Waals surface area contributed by atoms with Gasteiger partial charge < -0.3 is 14.7 Å². The van der Waals surface area contributed by atoms with Gasteiger partial charge in [0.1, 0.15) is 5.75 Å². The molecule has 28 heavy (non-hydrogen) atoms. The summed E-state index contributed by atoms with van der Waals surface area (Å²) in [5, 5.41) is 12.4. The molecule has 2 heterocycles. The van der Waals surface area contributed by atoms with Gasteiger partial charge in [-0.25, -0.2) is 0 Å². The van der Waals surface area contributed by atoms with E-state index >= 15 is 0 Å². The van der Waals surface area contributed by atoms with E-state index in [0.717, 1.165) is 24.8 Å². The van der Waals surface area contributed by atoms with E-state index in [0.29, 0.717) is 23.8 Å². The third kappa shape index (κ3) is 3.97. The number of hydrogen-bond donors (Lipinski definition) is 1. The van der Waals surface area contributed by atoms with Gasteiger partial charge >= 0.3 is 0 Å². The van der Waals surface area contributed by atoms with Crippen molar-refractivity contribution in [2.75, 3.05) is 13.2 Å². The Hall–Kier alpha value is -2.60. The van der Waals surface area contributed by atoms with Crippen LogP contribution in [-0.4, -0.2) is 34.8 Å². The molecule has 1 aromatic carbocycles. The molecule has 0 spiro atoms. The summed E-state index contributed by atoms with van der Waals surface area (Å²) < 4.78 is 5.73. The predicted molar refractivity (Wildman–Crippen MR) is 110 cm³/mol. The molecular weight excluding hydrogens is 374 g/mol. The highest BCUT2D eigenvalue weighted by molar-refractivity contribution is 7.12. The molecule has 0 saturated heterocycles. The fourth-order valence-electron chi connectivity index (χ4n) is 3.33. The van der Waals surface area contributed by atoms with Crippen molar-refractivity contribution in [1.29, 1.82) is 0 Å². The highest BCUT2D eigenvalue weighted by Crippen LogP contribution is 2.40. The lowest BCUT2D eigenvalue weighted by atomic mass is 9.95. The van der Waals surface area contributed by atoms with E-state index in [1.54, 1.807) is 17.0 Å². The summed E-state index contributed by atoms with van der Waals surface area (Å²) in [5.41, 5.74) is 0.915. The number of amides is 1. The fraction of sp³-hybridized carbons (Fsp3) is 0.364. The van der Waals surface area contributed by atoms with E-state index in [1.807, 2.05) is 43.5 Å². The fourth-order valence-corrected chi connectivity index (χ4v) is 4.00. The second kappa shape index (κ2) is 9.06. The maximum absolute atomic E-state index is 13.1. The number of ketones is 1. The number of aliphatic hydroxyl groups excluding tert-OH is 1. The molecule has 2 aromatic rings. The Labute approximate surface area is 169 Å². The summed E-state index contributed by atoms with van der Waals surface area (Å²) in [4.78, 5) is 28.0. The van der Waals surface area contributed by atoms with Crippen LogP contribution in [0.15, 0.2) is 53.1 Å². The van der Waals surface area contributed by atoms with Gasteiger partial charge in [0.25, 0.3) is 5.91 Å². The smallest absolute Gasteiger partial charge is 0.290 e. The molecule has 1 aliphatic heterocycles. The third-order valence-electron chi connectivity index (χ3n) is 4.69. The van der Waals surface area contributed by atoms with Gasteiger partial charge in [-0.1, -0.05) is 38.5 Å². The van der Waals surface area contributed by atoms with E-state index in [4.69, 9.17) is 4.74 Å². The molecule has 148 valence electrons. The Kier molecular flexibility index (Phi) is 6.52. The molecule has 1 aliphatic rings. The highest BCUT2D eigenvalue weighted by Gasteiger charge is 2.43. The van der Waals surface area contributed by atoms with Crippen LogP contribution in [0.4, 0.5) is 0 Å². The Bertz CT molecular complexity index is 872. The molecule has 0 fully saturated rings. The van der Waals surface area contributed by atoms with Crippen LogP contribution in [0.1, 0.15) is 54.4 Å². The zero-order valence-corrected chi connectivity index (χ0v) is 17.0. The van der Waals surface area contributed by atoms with E-state index < -0.39 is 17.7 Å². The minimum absolute atomic E-state index is 0.149. The van der Waals surface area contributed by atoms with Crippen LogP contribution in [0.25, 0.3) is 0 Å². The minimum Gasteiger partial charge on any atom is -0.503 e. The van der Waals surface area contributed by atoms with Crippen LogP contribution < -0.4 is 4.74 Å². The second-order valence-corrected chi connectivity index (χ2v) is 7.69. The number of aliphatic hydroxyl groups is 1. The maximum Gasteiger partial charge on any atom is 0.290 e. The predicted octanol–water partition coefficient (Wildman–Crippen LogP) is 4.92. The molecule has 5 nitrogen and oxygen atoms in total. The number of unbranched alkanes of at least 4 members (excludes halogenated alkanes) is 1. The van der Waals surface area contributed by atoms with Gasteiger partial charge in [0.05, 0.1) is 23.1 Å². The molecule has 0 bridgehead atoms. The summed E-state index contributed by atoms with van der Waals surface area (Å²) in [6, 6.07) is 10.3. The first-order chi connectivity index (χ1) is 13.6. The number of hydrogen-bond acceptors (Lipinski definition) is 5. The van der Waals surface area contributed by atoms with Crippen LogP contribution >= 0.6 is 11.3 Å². The van der Waals surface area contributed by atoms with Gasteiger partial charge in [0.2, 0.25) is 5.78 Å². The molecule has 1 amide bonds. The summed E-state index contributed by atoms with van der Waals surface area (Å²) >= 11 is 1.30. The van der Waals surface area contributed by atoms with Gasteiger partial charge in [-0.15, -0.1) is 11.3 Å². The average Bonchev–Trinajstić information content (AvgIpc) is 3.33. The number of nitrogens with zero attached hydrogens (tertiary/aromatic N) is 1. The number of ether oxygens (including phenoxy) is 1. The lowest BCUT2D eigenvalue weighted by molar-refractivity contribution is -0.129. The highest BCUT2D eigenvalue weighted by atomic mass is 32.1. The van der Waals surface area contributed by atoms with Crippen LogP contribution in [-0.2, 0) is 4.79 Å². The zero-order chi connectivity index (χ0) is 20.1. The molecular formula is C22H25NO4S. The Balaban J connectivity index is 2.03. The molecule has 1 unspecified atom stereocenters. The molecule has 1 aromatic heterocycles. The van der Waals surface area contributed by atoms with Crippen molar-refractivity contribution in [3.63, 3.8) is 0 Å². The topological polar surface area (TPSA) is 66.8 Å². The first-order valence-corrected chi connectivity index (χ1v) is 10.5. The standard InChI is InChI=1S/C22H25NO4S/c1-3-5-11-23-19(15-8-6-9-16(14-15)27-12-4-2)18(21(25)22(23)26)20(24)17-10-7-13-28-17/h6-10,13-14,19,25H,3-5,11-12H2,1-2H3. The third-order valence-corrected chi connectivity index (χ3v) is 5.56. The first kappa shape index (κ1) is 20.1. The Morgan fingerprint density at radius 1 is 1.21 bits per heavy atom. The number of benzene rings is 1. The Morgan fingerprint density at radius 2 is 2.04 bits per heavy atom. The van der Waals surface area contributed by atoms with Crippen molar-refractivity contribution in [3.05, 3.63) is 63.6 Å². The molecule has 3 rings (SSSR count). The van der Waals surface area contributed by atoms with Crippen molar-refractivity contribution < 1.29 is 19.4 Å². The molecule has 0 saturated carbocycles. The van der Waals surface area contributed by atoms with E-state index in [9.17, 15) is 14.7 Å². The van der Waals surface area contributed by atoms with Gasteiger partial charge in [-0.3, -0.25) is 9.59 Å². The molecule has 1 N–H and O–H groups in total. The molecule has 0 radical (unpaired) electrons. The quantitative estimate of drug-likeness (QED) is 0.608. The van der Waals surface area contributed by atoms with Crippen molar-refractivity contribution in [2.24, 2.45) is 0 Å². The van der Waals surface area contributed by atoms with Gasteiger partial charge in [0, 0.05) is 6.54 Å². The number of carbonyl (C=O) groups excluding carboxylic acids is 2. The SMILES string of the molecule is CCCCN1C(=O)C(O)=C(C(=O)c2cccs2)C1c1cccc(OCCC)c1. The summed E-state index contributed by atoms with van der Waals surface area (Å²) in [7, 11) is 0. The number of carbonyl (C=O) groups is 2. The summed E-state index contributed by atoms with van der Waals surface area (Å²) in [5.74, 6) is -0.543. The molecule has 6 heteroatoms. The molecule has 1 atom stereocenters. The number of thiophene rings is 1. The average molecular weight is 400 g/mol. The minimum atomic E-state index is -0.612. The monoisotopic (exact) mass is 399 g/mol. The number of Topliss-reactive ketones (excluding diaryl/α,β-unsaturated/α-hetero) is 1. The number of rotatable bonds is 9. The van der Waals surface area contributed by atoms with Crippen molar-refractivity contribution in [1.82, 2.24) is 4.90 Å². The van der Waals surface area contributed by atoms with E-state index in [1.165, 1.54) is 11.3 Å². The van der Waals surface area contributed by atoms with Gasteiger partial charge in [0.15, 0.2) is 5.76 Å². The van der Waals surface area contributed by atoms with Gasteiger partial charge in [-0.05, 0) is 42.0 Å². The van der Waals surface area contributed by atoms with Crippen LogP contribution in [0.5, 0.6) is 5.75 Å². The normalized spacial score (nSPS) is 16.7. The van der Waals surface area contributed by atoms with E-state index in [-0.39, 0.29) is 11.4 Å². The Morgan fingerprint density at radius 3 is 2.71 bits per heavy atom. The maximum atomic E-state index is 13.1. The summed E-state index contributed by atoms with van der Waals surface area (Å²) in [6.07, 6.45) is 2.59. The van der Waals surface area contributed by atoms with E-state index in [2.05, 4.69) is 0 Å². The lowest BCUT2D eigenvalue weighted by Gasteiger charge is -2.27. The summed E-state index contributed by atoms with van der Waals surface area (Å²) in [6.45, 7) is 5.14. The van der Waals surface area contributed by atoms with Gasteiger partial charge in [-0.2, -0.15) is 0 Å².